The Morgan fingerprint density at radius 2 is 2.17 bits per heavy atom. The summed E-state index contributed by atoms with van der Waals surface area (Å²) in [4.78, 5) is 20.2. The van der Waals surface area contributed by atoms with Gasteiger partial charge in [-0.2, -0.15) is 0 Å². The number of hydrogen-bond donors (Lipinski definition) is 1. The zero-order chi connectivity index (χ0) is 16.5. The quantitative estimate of drug-likeness (QED) is 0.737. The molecule has 1 fully saturated rings. The molecule has 124 valence electrons. The molecule has 0 saturated heterocycles. The van der Waals surface area contributed by atoms with Crippen molar-refractivity contribution in [2.24, 2.45) is 0 Å². The summed E-state index contributed by atoms with van der Waals surface area (Å²) < 4.78 is 2.00. The average molecular weight is 361 g/mol. The molecule has 0 spiro atoms. The smallest absolute Gasteiger partial charge is 0.316 e. The van der Waals surface area contributed by atoms with Gasteiger partial charge in [0.2, 0.25) is 0 Å². The van der Waals surface area contributed by atoms with Crippen molar-refractivity contribution in [2.75, 3.05) is 5.32 Å². The number of urea groups is 1. The minimum atomic E-state index is -0.0848. The minimum absolute atomic E-state index is 0.0848. The van der Waals surface area contributed by atoms with Crippen molar-refractivity contribution in [3.63, 3.8) is 0 Å². The first-order chi connectivity index (χ1) is 11.7. The lowest BCUT2D eigenvalue weighted by atomic mass is 9.91. The summed E-state index contributed by atoms with van der Waals surface area (Å²) in [6.07, 6.45) is 7.26. The lowest BCUT2D eigenvalue weighted by Crippen LogP contribution is -2.45. The third-order valence-corrected chi connectivity index (χ3v) is 5.37. The highest BCUT2D eigenvalue weighted by Gasteiger charge is 2.29. The van der Waals surface area contributed by atoms with Crippen LogP contribution in [0.2, 0.25) is 5.02 Å². The van der Waals surface area contributed by atoms with E-state index in [9.17, 15) is 4.79 Å². The van der Waals surface area contributed by atoms with Gasteiger partial charge in [-0.15, -0.1) is 11.3 Å². The number of benzene rings is 1. The Hall–Kier alpha value is -2.05. The van der Waals surface area contributed by atoms with Crippen LogP contribution in [-0.4, -0.2) is 26.4 Å². The van der Waals surface area contributed by atoms with E-state index in [-0.39, 0.29) is 12.1 Å². The highest BCUT2D eigenvalue weighted by atomic mass is 35.5. The van der Waals surface area contributed by atoms with Gasteiger partial charge >= 0.3 is 6.03 Å². The Bertz CT molecular complexity index is 824. The van der Waals surface area contributed by atoms with Gasteiger partial charge in [0.1, 0.15) is 0 Å². The fourth-order valence-corrected chi connectivity index (χ4v) is 3.67. The van der Waals surface area contributed by atoms with E-state index in [2.05, 4.69) is 10.3 Å². The van der Waals surface area contributed by atoms with Crippen molar-refractivity contribution in [3.05, 3.63) is 52.8 Å². The fourth-order valence-electron chi connectivity index (χ4n) is 2.82. The number of imidazole rings is 1. The Balaban J connectivity index is 1.51. The number of hydrogen-bond acceptors (Lipinski definition) is 3. The predicted molar refractivity (Wildman–Crippen MR) is 96.7 cm³/mol. The van der Waals surface area contributed by atoms with E-state index in [0.717, 1.165) is 29.2 Å². The molecule has 0 unspecified atom stereocenters. The second-order valence-electron chi connectivity index (χ2n) is 5.97. The summed E-state index contributed by atoms with van der Waals surface area (Å²) in [5.74, 6) is 0. The second-order valence-corrected chi connectivity index (χ2v) is 7.28. The van der Waals surface area contributed by atoms with Gasteiger partial charge in [0.05, 0.1) is 12.2 Å². The maximum Gasteiger partial charge on any atom is 0.322 e. The molecule has 1 N–H and O–H groups in total. The molecule has 2 amide bonds. The first kappa shape index (κ1) is 15.5. The third kappa shape index (κ3) is 3.12. The zero-order valence-electron chi connectivity index (χ0n) is 13.0. The largest absolute Gasteiger partial charge is 0.322 e. The molecule has 1 aliphatic carbocycles. The second kappa shape index (κ2) is 6.45. The molecule has 4 rings (SSSR count). The van der Waals surface area contributed by atoms with E-state index in [1.807, 2.05) is 39.2 Å². The summed E-state index contributed by atoms with van der Waals surface area (Å²) in [5, 5.41) is 5.62. The Labute approximate surface area is 148 Å². The number of anilines is 1. The summed E-state index contributed by atoms with van der Waals surface area (Å²) in [5.41, 5.74) is 1.67. The monoisotopic (exact) mass is 360 g/mol. The lowest BCUT2D eigenvalue weighted by Gasteiger charge is -2.37. The van der Waals surface area contributed by atoms with Crippen LogP contribution in [0.5, 0.6) is 0 Å². The van der Waals surface area contributed by atoms with Crippen LogP contribution in [0, 0.1) is 0 Å². The molecule has 0 radical (unpaired) electrons. The number of carbonyl (C=O) groups is 1. The number of nitrogens with one attached hydrogen (secondary N) is 1. The van der Waals surface area contributed by atoms with Crippen LogP contribution in [0.15, 0.2) is 42.0 Å². The average Bonchev–Trinajstić information content (AvgIpc) is 3.08. The van der Waals surface area contributed by atoms with Crippen molar-refractivity contribution in [2.45, 2.75) is 31.8 Å². The molecule has 24 heavy (non-hydrogen) atoms. The van der Waals surface area contributed by atoms with Crippen LogP contribution >= 0.6 is 22.9 Å². The number of halogens is 1. The highest BCUT2D eigenvalue weighted by molar-refractivity contribution is 7.15. The molecule has 7 heteroatoms. The number of aromatic nitrogens is 2. The van der Waals surface area contributed by atoms with Gasteiger partial charge in [-0.1, -0.05) is 11.6 Å². The van der Waals surface area contributed by atoms with Crippen LogP contribution in [0.1, 0.15) is 25.0 Å². The van der Waals surface area contributed by atoms with E-state index < -0.39 is 0 Å². The van der Waals surface area contributed by atoms with Crippen molar-refractivity contribution >= 4 is 39.6 Å². The summed E-state index contributed by atoms with van der Waals surface area (Å²) in [7, 11) is 0. The number of nitrogens with zero attached hydrogens (tertiary/aromatic N) is 3. The molecule has 0 bridgehead atoms. The topological polar surface area (TPSA) is 49.6 Å². The van der Waals surface area contributed by atoms with Crippen LogP contribution in [-0.2, 0) is 6.54 Å². The molecule has 0 atom stereocenters. The normalized spacial score (nSPS) is 14.5. The third-order valence-electron chi connectivity index (χ3n) is 4.35. The number of amides is 2. The number of rotatable bonds is 4. The maximum atomic E-state index is 12.7. The van der Waals surface area contributed by atoms with Gasteiger partial charge in [0, 0.05) is 34.5 Å². The van der Waals surface area contributed by atoms with Crippen LogP contribution < -0.4 is 5.32 Å². The standard InChI is InChI=1S/C17H17ClN4OS/c18-12-4-6-13(7-5-12)19-16(23)22(15-2-1-3-15)11-14-10-21-8-9-24-17(21)20-14/h4-10,15H,1-3,11H2,(H,19,23). The van der Waals surface area contributed by atoms with Gasteiger partial charge in [-0.25, -0.2) is 9.78 Å². The van der Waals surface area contributed by atoms with Gasteiger partial charge in [0.15, 0.2) is 4.96 Å². The first-order valence-electron chi connectivity index (χ1n) is 7.93. The molecule has 2 heterocycles. The van der Waals surface area contributed by atoms with Gasteiger partial charge in [0.25, 0.3) is 0 Å². The van der Waals surface area contributed by atoms with Crippen molar-refractivity contribution < 1.29 is 4.79 Å². The SMILES string of the molecule is O=C(Nc1ccc(Cl)cc1)N(Cc1cn2ccsc2n1)C1CCC1. The van der Waals surface area contributed by atoms with Crippen molar-refractivity contribution in [1.29, 1.82) is 0 Å². The molecular formula is C17H17ClN4OS. The summed E-state index contributed by atoms with van der Waals surface area (Å²) in [6.45, 7) is 0.526. The molecular weight excluding hydrogens is 344 g/mol. The van der Waals surface area contributed by atoms with Crippen molar-refractivity contribution in [3.8, 4) is 0 Å². The van der Waals surface area contributed by atoms with Gasteiger partial charge in [-0.05, 0) is 43.5 Å². The summed E-state index contributed by atoms with van der Waals surface area (Å²) in [6, 6.07) is 7.37. The first-order valence-corrected chi connectivity index (χ1v) is 9.19. The number of fused-ring (bicyclic) bond motifs is 1. The minimum Gasteiger partial charge on any atom is -0.316 e. The fraction of sp³-hybridized carbons (Fsp3) is 0.294. The van der Waals surface area contributed by atoms with E-state index in [1.165, 1.54) is 6.42 Å². The Morgan fingerprint density at radius 1 is 1.38 bits per heavy atom. The number of thiazole rings is 1. The van der Waals surface area contributed by atoms with Gasteiger partial charge in [-0.3, -0.25) is 4.40 Å². The zero-order valence-corrected chi connectivity index (χ0v) is 14.6. The molecule has 0 aliphatic heterocycles. The van der Waals surface area contributed by atoms with E-state index in [0.29, 0.717) is 11.6 Å². The highest BCUT2D eigenvalue weighted by Crippen LogP contribution is 2.27. The van der Waals surface area contributed by atoms with E-state index in [1.54, 1.807) is 23.5 Å². The van der Waals surface area contributed by atoms with Crippen LogP contribution in [0.4, 0.5) is 10.5 Å². The molecule has 5 nitrogen and oxygen atoms in total. The number of carbonyl (C=O) groups excluding carboxylic acids is 1. The molecule has 1 aliphatic rings. The van der Waals surface area contributed by atoms with E-state index in [4.69, 9.17) is 11.6 Å². The van der Waals surface area contributed by atoms with Crippen LogP contribution in [0.3, 0.4) is 0 Å². The molecule has 1 aromatic carbocycles. The Morgan fingerprint density at radius 3 is 2.83 bits per heavy atom. The van der Waals surface area contributed by atoms with E-state index >= 15 is 0 Å². The summed E-state index contributed by atoms with van der Waals surface area (Å²) >= 11 is 7.49. The van der Waals surface area contributed by atoms with Crippen LogP contribution in [0.25, 0.3) is 4.96 Å². The molecule has 1 saturated carbocycles. The van der Waals surface area contributed by atoms with Crippen molar-refractivity contribution in [1.82, 2.24) is 14.3 Å². The maximum absolute atomic E-state index is 12.7. The van der Waals surface area contributed by atoms with Gasteiger partial charge < -0.3 is 10.2 Å². The molecule has 2 aromatic heterocycles. The lowest BCUT2D eigenvalue weighted by molar-refractivity contribution is 0.143. The Kier molecular flexibility index (Phi) is 4.16. The molecule has 3 aromatic rings. The predicted octanol–water partition coefficient (Wildman–Crippen LogP) is 4.64.